The molecule has 0 aliphatic carbocycles. The van der Waals surface area contributed by atoms with Gasteiger partial charge in [0.05, 0.1) is 27.6 Å². The Morgan fingerprint density at radius 2 is 1.05 bits per heavy atom. The Morgan fingerprint density at radius 1 is 0.432 bits per heavy atom. The van der Waals surface area contributed by atoms with Crippen LogP contribution in [0.3, 0.4) is 0 Å². The summed E-state index contributed by atoms with van der Waals surface area (Å²) in [6.07, 6.45) is 0. The molecular weight excluding hydrogens is 538 g/mol. The third kappa shape index (κ3) is 3.91. The molecule has 3 heterocycles. The molecule has 0 saturated heterocycles. The third-order valence-electron chi connectivity index (χ3n) is 8.28. The van der Waals surface area contributed by atoms with Gasteiger partial charge in [0, 0.05) is 38.9 Å². The van der Waals surface area contributed by atoms with Crippen LogP contribution in [-0.2, 0) is 0 Å². The van der Waals surface area contributed by atoms with E-state index in [1.807, 2.05) is 36.4 Å². The van der Waals surface area contributed by atoms with Crippen molar-refractivity contribution in [2.75, 3.05) is 4.90 Å². The van der Waals surface area contributed by atoms with E-state index in [1.54, 1.807) is 0 Å². The highest BCUT2D eigenvalue weighted by atomic mass is 15.1. The van der Waals surface area contributed by atoms with Gasteiger partial charge in [-0.1, -0.05) is 66.7 Å². The second kappa shape index (κ2) is 9.75. The number of benzene rings is 6. The van der Waals surface area contributed by atoms with Crippen LogP contribution in [0.1, 0.15) is 0 Å². The molecule has 0 saturated carbocycles. The summed E-state index contributed by atoms with van der Waals surface area (Å²) in [5.41, 5.74) is 10.8. The predicted molar refractivity (Wildman–Crippen MR) is 181 cm³/mol. The second-order valence-electron chi connectivity index (χ2n) is 11.0. The van der Waals surface area contributed by atoms with Crippen molar-refractivity contribution < 1.29 is 0 Å². The van der Waals surface area contributed by atoms with E-state index < -0.39 is 0 Å². The average molecular weight is 564 g/mol. The van der Waals surface area contributed by atoms with Gasteiger partial charge in [0.15, 0.2) is 5.65 Å². The minimum absolute atomic E-state index is 0.849. The highest BCUT2D eigenvalue weighted by Gasteiger charge is 2.17. The van der Waals surface area contributed by atoms with Crippen LogP contribution in [0.15, 0.2) is 152 Å². The summed E-state index contributed by atoms with van der Waals surface area (Å²) in [4.78, 5) is 17.5. The van der Waals surface area contributed by atoms with Gasteiger partial charge >= 0.3 is 0 Å². The highest BCUT2D eigenvalue weighted by molar-refractivity contribution is 6.08. The van der Waals surface area contributed by atoms with E-state index in [2.05, 4.69) is 125 Å². The summed E-state index contributed by atoms with van der Waals surface area (Å²) in [5.74, 6) is 0. The number of anilines is 3. The van der Waals surface area contributed by atoms with Gasteiger partial charge in [-0.2, -0.15) is 0 Å². The zero-order valence-electron chi connectivity index (χ0n) is 23.7. The first kappa shape index (κ1) is 24.5. The van der Waals surface area contributed by atoms with Crippen LogP contribution in [0.5, 0.6) is 0 Å². The summed E-state index contributed by atoms with van der Waals surface area (Å²) in [6, 6.07) is 52.6. The lowest BCUT2D eigenvalue weighted by Gasteiger charge is -2.25. The van der Waals surface area contributed by atoms with Crippen LogP contribution in [0, 0.1) is 0 Å². The first-order valence-electron chi connectivity index (χ1n) is 14.7. The predicted octanol–water partition coefficient (Wildman–Crippen LogP) is 9.90. The Kier molecular flexibility index (Phi) is 5.43. The minimum atomic E-state index is 0.849. The molecule has 6 aromatic carbocycles. The van der Waals surface area contributed by atoms with Crippen molar-refractivity contribution >= 4 is 72.0 Å². The van der Waals surface area contributed by atoms with Crippen molar-refractivity contribution in [3.8, 4) is 5.69 Å². The van der Waals surface area contributed by atoms with Gasteiger partial charge in [0.1, 0.15) is 5.52 Å². The summed E-state index contributed by atoms with van der Waals surface area (Å²) in [6.45, 7) is 0. The van der Waals surface area contributed by atoms with Gasteiger partial charge in [-0.05, 0) is 84.9 Å². The number of hydrogen-bond acceptors (Lipinski definition) is 4. The van der Waals surface area contributed by atoms with Crippen molar-refractivity contribution in [2.45, 2.75) is 0 Å². The Labute approximate surface area is 253 Å². The van der Waals surface area contributed by atoms with E-state index in [0.29, 0.717) is 0 Å². The van der Waals surface area contributed by atoms with Gasteiger partial charge in [0.2, 0.25) is 0 Å². The Hall–Kier alpha value is -6.07. The maximum Gasteiger partial charge on any atom is 0.165 e. The standard InChI is InChI=1S/C39H25N5/c1-3-11-28(12-4-1)43(29-13-5-2-6-14-29)30-19-21-33-26(24-30)23-27-25-31(20-22-34(27)40-33)44-37-18-10-7-15-32(37)38-39(44)42-36-17-9-8-16-35(36)41-38/h1-25H. The molecule has 0 aliphatic heterocycles. The second-order valence-corrected chi connectivity index (χ2v) is 11.0. The van der Waals surface area contributed by atoms with Gasteiger partial charge in [-0.25, -0.2) is 15.0 Å². The molecule has 9 aromatic rings. The lowest BCUT2D eigenvalue weighted by atomic mass is 10.1. The van der Waals surface area contributed by atoms with E-state index in [9.17, 15) is 0 Å². The average Bonchev–Trinajstić information content (AvgIpc) is 3.40. The Bertz CT molecular complexity index is 2460. The number of para-hydroxylation sites is 5. The fourth-order valence-electron chi connectivity index (χ4n) is 6.27. The molecular formula is C39H25N5. The van der Waals surface area contributed by atoms with Crippen molar-refractivity contribution in [2.24, 2.45) is 0 Å². The molecule has 206 valence electrons. The van der Waals surface area contributed by atoms with E-state index >= 15 is 0 Å². The molecule has 5 heteroatoms. The first-order valence-corrected chi connectivity index (χ1v) is 14.7. The summed E-state index contributed by atoms with van der Waals surface area (Å²) < 4.78 is 2.22. The van der Waals surface area contributed by atoms with Crippen molar-refractivity contribution in [3.05, 3.63) is 152 Å². The topological polar surface area (TPSA) is 46.8 Å². The molecule has 0 atom stereocenters. The van der Waals surface area contributed by atoms with E-state index in [0.717, 1.165) is 77.7 Å². The highest BCUT2D eigenvalue weighted by Crippen LogP contribution is 2.37. The van der Waals surface area contributed by atoms with E-state index in [1.165, 1.54) is 0 Å². The zero-order valence-corrected chi connectivity index (χ0v) is 23.7. The van der Waals surface area contributed by atoms with Crippen LogP contribution in [0.25, 0.3) is 60.6 Å². The lowest BCUT2D eigenvalue weighted by Crippen LogP contribution is -2.09. The van der Waals surface area contributed by atoms with Crippen molar-refractivity contribution in [3.63, 3.8) is 0 Å². The Morgan fingerprint density at radius 3 is 1.80 bits per heavy atom. The molecule has 0 fully saturated rings. The SMILES string of the molecule is c1ccc(N(c2ccccc2)c2ccc3nc4ccc(-n5c6ccccc6c6nc7ccccc7nc65)cc4cc3c2)cc1. The maximum absolute atomic E-state index is 5.09. The number of fused-ring (bicyclic) bond motifs is 6. The van der Waals surface area contributed by atoms with Gasteiger partial charge in [-0.15, -0.1) is 0 Å². The van der Waals surface area contributed by atoms with Gasteiger partial charge in [0.25, 0.3) is 0 Å². The molecule has 0 N–H and O–H groups in total. The van der Waals surface area contributed by atoms with E-state index in [-0.39, 0.29) is 0 Å². The molecule has 0 bridgehead atoms. The van der Waals surface area contributed by atoms with Crippen LogP contribution in [-0.4, -0.2) is 19.5 Å². The quantitative estimate of drug-likeness (QED) is 0.200. The van der Waals surface area contributed by atoms with Crippen molar-refractivity contribution in [1.29, 1.82) is 0 Å². The Balaban J connectivity index is 1.24. The van der Waals surface area contributed by atoms with E-state index in [4.69, 9.17) is 15.0 Å². The number of hydrogen-bond donors (Lipinski definition) is 0. The molecule has 5 nitrogen and oxygen atoms in total. The van der Waals surface area contributed by atoms with Crippen LogP contribution in [0.2, 0.25) is 0 Å². The van der Waals surface area contributed by atoms with Crippen LogP contribution < -0.4 is 4.90 Å². The monoisotopic (exact) mass is 563 g/mol. The first-order chi connectivity index (χ1) is 21.8. The number of nitrogens with zero attached hydrogens (tertiary/aromatic N) is 5. The fraction of sp³-hybridized carbons (Fsp3) is 0. The zero-order chi connectivity index (χ0) is 29.0. The minimum Gasteiger partial charge on any atom is -0.310 e. The maximum atomic E-state index is 5.09. The molecule has 3 aromatic heterocycles. The third-order valence-corrected chi connectivity index (χ3v) is 8.28. The number of aromatic nitrogens is 4. The summed E-state index contributed by atoms with van der Waals surface area (Å²) >= 11 is 0. The fourth-order valence-corrected chi connectivity index (χ4v) is 6.27. The lowest BCUT2D eigenvalue weighted by molar-refractivity contribution is 1.14. The van der Waals surface area contributed by atoms with Crippen LogP contribution >= 0.6 is 0 Å². The van der Waals surface area contributed by atoms with Crippen molar-refractivity contribution in [1.82, 2.24) is 19.5 Å². The number of pyridine rings is 1. The molecule has 0 spiro atoms. The molecule has 0 amide bonds. The molecule has 0 aliphatic rings. The van der Waals surface area contributed by atoms with Gasteiger partial charge < -0.3 is 4.90 Å². The molecule has 9 rings (SSSR count). The molecule has 44 heavy (non-hydrogen) atoms. The largest absolute Gasteiger partial charge is 0.310 e. The normalized spacial score (nSPS) is 11.6. The number of rotatable bonds is 4. The van der Waals surface area contributed by atoms with Crippen LogP contribution in [0.4, 0.5) is 17.1 Å². The molecule has 0 unspecified atom stereocenters. The van der Waals surface area contributed by atoms with Gasteiger partial charge in [-0.3, -0.25) is 4.57 Å². The molecule has 0 radical (unpaired) electrons. The smallest absolute Gasteiger partial charge is 0.165 e. The summed E-state index contributed by atoms with van der Waals surface area (Å²) in [7, 11) is 0. The summed E-state index contributed by atoms with van der Waals surface area (Å²) in [5, 5.41) is 3.24.